The fourth-order valence-electron chi connectivity index (χ4n) is 3.06. The molecule has 1 aromatic heterocycles. The lowest BCUT2D eigenvalue weighted by Gasteiger charge is -2.13. The zero-order chi connectivity index (χ0) is 20.4. The van der Waals surface area contributed by atoms with E-state index in [2.05, 4.69) is 9.71 Å². The summed E-state index contributed by atoms with van der Waals surface area (Å²) in [6.45, 7) is 2.60. The van der Waals surface area contributed by atoms with E-state index in [9.17, 15) is 8.42 Å². The molecule has 1 aliphatic rings. The van der Waals surface area contributed by atoms with Crippen molar-refractivity contribution in [1.82, 2.24) is 9.71 Å². The quantitative estimate of drug-likeness (QED) is 0.592. The molecule has 0 saturated heterocycles. The Bertz CT molecular complexity index is 1110. The fourth-order valence-corrected chi connectivity index (χ4v) is 3.84. The monoisotopic (exact) mass is 412 g/mol. The lowest BCUT2D eigenvalue weighted by molar-refractivity contribution is 0.299. The second-order valence-corrected chi connectivity index (χ2v) is 9.32. The van der Waals surface area contributed by atoms with Gasteiger partial charge in [-0.2, -0.15) is 0 Å². The largest absolute Gasteiger partial charge is 0.493 e. The Balaban J connectivity index is 1.45. The predicted octanol–water partition coefficient (Wildman–Crippen LogP) is 4.43. The van der Waals surface area contributed by atoms with Gasteiger partial charge in [0.2, 0.25) is 15.9 Å². The Morgan fingerprint density at radius 1 is 1.07 bits per heavy atom. The van der Waals surface area contributed by atoms with E-state index in [1.54, 1.807) is 6.07 Å². The molecule has 0 amide bonds. The van der Waals surface area contributed by atoms with Gasteiger partial charge in [-0.3, -0.25) is 0 Å². The maximum Gasteiger partial charge on any atom is 0.219 e. The normalized spacial score (nSPS) is 15.2. The van der Waals surface area contributed by atoms with Crippen molar-refractivity contribution in [1.29, 1.82) is 0 Å². The Labute approximate surface area is 170 Å². The first-order chi connectivity index (χ1) is 13.9. The van der Waals surface area contributed by atoms with Crippen LogP contribution in [0.4, 0.5) is 0 Å². The summed E-state index contributed by atoms with van der Waals surface area (Å²) in [5.74, 6) is 2.76. The zero-order valence-electron chi connectivity index (χ0n) is 16.5. The standard InChI is InChI=1S/C22H24N2O4S/c1-15(24-29(2,25)26)17-5-11-21-18(13-17)6-12-22(23-21)28-20-9-7-19(8-10-20)27-14-16-3-4-16/h5-13,15-16,24H,3-4,14H2,1-2H3. The third-order valence-electron chi connectivity index (χ3n) is 4.81. The second-order valence-electron chi connectivity index (χ2n) is 7.54. The van der Waals surface area contributed by atoms with Crippen LogP contribution >= 0.6 is 0 Å². The molecule has 7 heteroatoms. The summed E-state index contributed by atoms with van der Waals surface area (Å²) in [6.07, 6.45) is 3.69. The molecule has 6 nitrogen and oxygen atoms in total. The highest BCUT2D eigenvalue weighted by Gasteiger charge is 2.21. The van der Waals surface area contributed by atoms with E-state index in [0.717, 1.165) is 41.0 Å². The Morgan fingerprint density at radius 2 is 1.79 bits per heavy atom. The summed E-state index contributed by atoms with van der Waals surface area (Å²) in [4.78, 5) is 4.54. The lowest BCUT2D eigenvalue weighted by atomic mass is 10.1. The number of rotatable bonds is 8. The number of fused-ring (bicyclic) bond motifs is 1. The minimum Gasteiger partial charge on any atom is -0.493 e. The van der Waals surface area contributed by atoms with E-state index in [1.807, 2.05) is 55.5 Å². The second kappa shape index (κ2) is 8.00. The molecular weight excluding hydrogens is 388 g/mol. The van der Waals surface area contributed by atoms with Gasteiger partial charge in [0, 0.05) is 17.5 Å². The number of nitrogens with one attached hydrogen (secondary N) is 1. The number of nitrogens with zero attached hydrogens (tertiary/aromatic N) is 1. The van der Waals surface area contributed by atoms with Gasteiger partial charge < -0.3 is 9.47 Å². The molecule has 1 saturated carbocycles. The summed E-state index contributed by atoms with van der Waals surface area (Å²) in [7, 11) is -3.27. The summed E-state index contributed by atoms with van der Waals surface area (Å²) >= 11 is 0. The average molecular weight is 413 g/mol. The average Bonchev–Trinajstić information content (AvgIpc) is 3.50. The van der Waals surface area contributed by atoms with Gasteiger partial charge in [0.25, 0.3) is 0 Å². The van der Waals surface area contributed by atoms with Gasteiger partial charge in [-0.05, 0) is 73.7 Å². The minimum atomic E-state index is -3.27. The van der Waals surface area contributed by atoms with Gasteiger partial charge in [0.05, 0.1) is 18.4 Å². The molecule has 0 aliphatic heterocycles. The molecule has 152 valence electrons. The molecule has 4 rings (SSSR count). The smallest absolute Gasteiger partial charge is 0.219 e. The molecular formula is C22H24N2O4S. The van der Waals surface area contributed by atoms with Gasteiger partial charge in [-0.15, -0.1) is 0 Å². The highest BCUT2D eigenvalue weighted by Crippen LogP contribution is 2.30. The van der Waals surface area contributed by atoms with Crippen molar-refractivity contribution in [2.24, 2.45) is 5.92 Å². The van der Waals surface area contributed by atoms with Crippen LogP contribution in [0.1, 0.15) is 31.4 Å². The number of pyridine rings is 1. The first-order valence-electron chi connectivity index (χ1n) is 9.64. The van der Waals surface area contributed by atoms with E-state index in [0.29, 0.717) is 11.6 Å². The van der Waals surface area contributed by atoms with Crippen LogP contribution in [0.5, 0.6) is 17.4 Å². The molecule has 0 bridgehead atoms. The third kappa shape index (κ3) is 5.46. The number of hydrogen-bond donors (Lipinski definition) is 1. The fraction of sp³-hybridized carbons (Fsp3) is 0.318. The van der Waals surface area contributed by atoms with Crippen LogP contribution in [0.2, 0.25) is 0 Å². The van der Waals surface area contributed by atoms with Crippen molar-refractivity contribution >= 4 is 20.9 Å². The summed E-state index contributed by atoms with van der Waals surface area (Å²) in [6, 6.07) is 16.6. The number of aromatic nitrogens is 1. The Hall–Kier alpha value is -2.64. The molecule has 1 heterocycles. The van der Waals surface area contributed by atoms with Crippen LogP contribution in [-0.2, 0) is 10.0 Å². The summed E-state index contributed by atoms with van der Waals surface area (Å²) in [5, 5.41) is 0.917. The maximum absolute atomic E-state index is 11.4. The van der Waals surface area contributed by atoms with Gasteiger partial charge in [0.15, 0.2) is 0 Å². The lowest BCUT2D eigenvalue weighted by Crippen LogP contribution is -2.25. The SMILES string of the molecule is CC(NS(C)(=O)=O)c1ccc2nc(Oc3ccc(OCC4CC4)cc3)ccc2c1. The van der Waals surface area contributed by atoms with E-state index in [4.69, 9.17) is 9.47 Å². The number of sulfonamides is 1. The van der Waals surface area contributed by atoms with Crippen LogP contribution in [-0.4, -0.2) is 26.3 Å². The molecule has 2 aromatic carbocycles. The first kappa shape index (κ1) is 19.7. The molecule has 1 N–H and O–H groups in total. The highest BCUT2D eigenvalue weighted by atomic mass is 32.2. The van der Waals surface area contributed by atoms with Crippen LogP contribution < -0.4 is 14.2 Å². The molecule has 1 unspecified atom stereocenters. The highest BCUT2D eigenvalue weighted by molar-refractivity contribution is 7.88. The van der Waals surface area contributed by atoms with Crippen molar-refractivity contribution in [2.75, 3.05) is 12.9 Å². The van der Waals surface area contributed by atoms with Gasteiger partial charge in [-0.25, -0.2) is 18.1 Å². The maximum atomic E-state index is 11.4. The zero-order valence-corrected chi connectivity index (χ0v) is 17.3. The van der Waals surface area contributed by atoms with Crippen LogP contribution in [0.3, 0.4) is 0 Å². The van der Waals surface area contributed by atoms with Crippen LogP contribution in [0.25, 0.3) is 10.9 Å². The van der Waals surface area contributed by atoms with Crippen LogP contribution in [0, 0.1) is 5.92 Å². The van der Waals surface area contributed by atoms with Crippen LogP contribution in [0.15, 0.2) is 54.6 Å². The molecule has 0 spiro atoms. The van der Waals surface area contributed by atoms with Crippen molar-refractivity contribution in [3.63, 3.8) is 0 Å². The molecule has 1 aliphatic carbocycles. The number of hydrogen-bond acceptors (Lipinski definition) is 5. The third-order valence-corrected chi connectivity index (χ3v) is 5.59. The van der Waals surface area contributed by atoms with E-state index in [-0.39, 0.29) is 6.04 Å². The summed E-state index contributed by atoms with van der Waals surface area (Å²) in [5.41, 5.74) is 1.65. The first-order valence-corrected chi connectivity index (χ1v) is 11.5. The van der Waals surface area contributed by atoms with E-state index in [1.165, 1.54) is 12.8 Å². The molecule has 3 aromatic rings. The molecule has 0 radical (unpaired) electrons. The van der Waals surface area contributed by atoms with Gasteiger partial charge in [0.1, 0.15) is 11.5 Å². The van der Waals surface area contributed by atoms with Gasteiger partial charge >= 0.3 is 0 Å². The molecule has 1 fully saturated rings. The molecule has 1 atom stereocenters. The van der Waals surface area contributed by atoms with Crippen molar-refractivity contribution in [3.05, 3.63) is 60.2 Å². The van der Waals surface area contributed by atoms with E-state index < -0.39 is 10.0 Å². The van der Waals surface area contributed by atoms with Crippen molar-refractivity contribution < 1.29 is 17.9 Å². The number of ether oxygens (including phenoxy) is 2. The van der Waals surface area contributed by atoms with E-state index >= 15 is 0 Å². The number of benzene rings is 2. The van der Waals surface area contributed by atoms with Crippen molar-refractivity contribution in [2.45, 2.75) is 25.8 Å². The Kier molecular flexibility index (Phi) is 5.43. The molecule has 29 heavy (non-hydrogen) atoms. The minimum absolute atomic E-state index is 0.314. The Morgan fingerprint density at radius 3 is 2.48 bits per heavy atom. The van der Waals surface area contributed by atoms with Crippen molar-refractivity contribution in [3.8, 4) is 17.4 Å². The van der Waals surface area contributed by atoms with Gasteiger partial charge in [-0.1, -0.05) is 6.07 Å². The topological polar surface area (TPSA) is 77.5 Å². The predicted molar refractivity (Wildman–Crippen MR) is 113 cm³/mol. The summed E-state index contributed by atoms with van der Waals surface area (Å²) < 4.78 is 37.1.